The van der Waals surface area contributed by atoms with Gasteiger partial charge in [0.1, 0.15) is 12.1 Å². The number of aryl methyl sites for hydroxylation is 1. The van der Waals surface area contributed by atoms with Crippen LogP contribution in [0, 0.1) is 11.3 Å². The number of halogens is 3. The average Bonchev–Trinajstić information content (AvgIpc) is 3.60. The van der Waals surface area contributed by atoms with Gasteiger partial charge in [-0.25, -0.2) is 4.79 Å². The van der Waals surface area contributed by atoms with Gasteiger partial charge in [-0.2, -0.15) is 23.4 Å². The van der Waals surface area contributed by atoms with E-state index in [9.17, 15) is 28.0 Å². The first-order chi connectivity index (χ1) is 21.9. The number of anilines is 1. The molecule has 0 atom stereocenters. The van der Waals surface area contributed by atoms with Crippen LogP contribution in [0.4, 0.5) is 23.8 Å². The number of rotatable bonds is 10. The van der Waals surface area contributed by atoms with E-state index in [1.165, 1.54) is 19.4 Å². The van der Waals surface area contributed by atoms with Gasteiger partial charge in [-0.15, -0.1) is 10.2 Å². The maximum atomic E-state index is 14.3. The third kappa shape index (κ3) is 6.47. The van der Waals surface area contributed by atoms with Crippen LogP contribution in [-0.4, -0.2) is 68.6 Å². The molecule has 0 spiro atoms. The van der Waals surface area contributed by atoms with Gasteiger partial charge >= 0.3 is 12.3 Å². The number of pyridine rings is 1. The molecule has 1 aliphatic heterocycles. The fraction of sp³-hybridized carbons (Fsp3) is 0.290. The van der Waals surface area contributed by atoms with Gasteiger partial charge in [0.05, 0.1) is 43.6 Å². The molecule has 238 valence electrons. The number of nitriles is 1. The molecular formula is C31H28F3N7O5. The first kappa shape index (κ1) is 31.9. The molecule has 15 heteroatoms. The van der Waals surface area contributed by atoms with Crippen molar-refractivity contribution in [3.05, 3.63) is 76.6 Å². The summed E-state index contributed by atoms with van der Waals surface area (Å²) in [6.45, 7) is 1.29. The number of carbonyl (C=O) groups excluding carboxylic acids is 1. The van der Waals surface area contributed by atoms with Gasteiger partial charge in [0, 0.05) is 37.8 Å². The highest BCUT2D eigenvalue weighted by Gasteiger charge is 2.41. The average molecular weight is 636 g/mol. The second-order valence-corrected chi connectivity index (χ2v) is 10.4. The minimum absolute atomic E-state index is 0.0148. The van der Waals surface area contributed by atoms with Crippen molar-refractivity contribution in [2.24, 2.45) is 7.05 Å². The van der Waals surface area contributed by atoms with Gasteiger partial charge in [-0.3, -0.25) is 9.69 Å². The number of hydrogen-bond donors (Lipinski definition) is 1. The number of ether oxygens (including phenoxy) is 2. The molecule has 2 aromatic carbocycles. The van der Waals surface area contributed by atoms with Crippen molar-refractivity contribution in [3.63, 3.8) is 0 Å². The lowest BCUT2D eigenvalue weighted by atomic mass is 9.97. The number of benzene rings is 2. The summed E-state index contributed by atoms with van der Waals surface area (Å²) in [7, 11) is 3.09. The summed E-state index contributed by atoms with van der Waals surface area (Å²) in [6.07, 6.45) is -4.42. The zero-order chi connectivity index (χ0) is 33.2. The Hall–Kier alpha value is -5.49. The van der Waals surface area contributed by atoms with Crippen molar-refractivity contribution in [3.8, 4) is 34.5 Å². The quantitative estimate of drug-likeness (QED) is 0.235. The highest BCUT2D eigenvalue weighted by atomic mass is 19.4. The van der Waals surface area contributed by atoms with Crippen molar-refractivity contribution < 1.29 is 37.3 Å². The third-order valence-electron chi connectivity index (χ3n) is 7.34. The van der Waals surface area contributed by atoms with Gasteiger partial charge in [0.2, 0.25) is 5.88 Å². The molecule has 0 aliphatic carbocycles. The molecule has 46 heavy (non-hydrogen) atoms. The number of alkyl halides is 3. The summed E-state index contributed by atoms with van der Waals surface area (Å²) >= 11 is 0. The summed E-state index contributed by atoms with van der Waals surface area (Å²) in [6, 6.07) is 12.6. The summed E-state index contributed by atoms with van der Waals surface area (Å²) in [5, 5.41) is 26.6. The number of fused-ring (bicyclic) bond motifs is 1. The van der Waals surface area contributed by atoms with E-state index in [0.717, 1.165) is 15.9 Å². The monoisotopic (exact) mass is 635 g/mol. The van der Waals surface area contributed by atoms with Crippen LogP contribution in [0.25, 0.3) is 22.5 Å². The fourth-order valence-corrected chi connectivity index (χ4v) is 5.06. The molecule has 5 rings (SSSR count). The van der Waals surface area contributed by atoms with E-state index < -0.39 is 23.7 Å². The largest absolute Gasteiger partial charge is 0.478 e. The Bertz CT molecular complexity index is 1850. The molecule has 0 saturated heterocycles. The van der Waals surface area contributed by atoms with Gasteiger partial charge in [-0.05, 0) is 59.5 Å². The number of nitrogens with zero attached hydrogens (tertiary/aromatic N) is 7. The maximum absolute atomic E-state index is 14.3. The van der Waals surface area contributed by atoms with Gasteiger partial charge in [0.25, 0.3) is 5.91 Å². The van der Waals surface area contributed by atoms with Crippen LogP contribution in [0.3, 0.4) is 0 Å². The number of likely N-dealkylation sites (N-methyl/N-ethyl adjacent to an activating group) is 1. The molecular weight excluding hydrogens is 607 g/mol. The van der Waals surface area contributed by atoms with E-state index in [1.54, 1.807) is 48.9 Å². The molecule has 1 N–H and O–H groups in total. The second kappa shape index (κ2) is 12.9. The van der Waals surface area contributed by atoms with Crippen LogP contribution in [-0.2, 0) is 31.1 Å². The highest BCUT2D eigenvalue weighted by Crippen LogP contribution is 2.41. The van der Waals surface area contributed by atoms with Crippen molar-refractivity contribution in [2.45, 2.75) is 26.3 Å². The molecule has 0 unspecified atom stereocenters. The van der Waals surface area contributed by atoms with Crippen molar-refractivity contribution in [1.29, 1.82) is 5.26 Å². The van der Waals surface area contributed by atoms with E-state index >= 15 is 0 Å². The molecule has 0 fully saturated rings. The summed E-state index contributed by atoms with van der Waals surface area (Å²) in [5.74, 6) is -0.0118. The third-order valence-corrected chi connectivity index (χ3v) is 7.34. The van der Waals surface area contributed by atoms with Crippen LogP contribution in [0.5, 0.6) is 5.88 Å². The topological polar surface area (TPSA) is 147 Å². The van der Waals surface area contributed by atoms with Crippen LogP contribution >= 0.6 is 0 Å². The number of carboxylic acid groups (broad SMARTS) is 1. The number of hydrogen-bond acceptors (Lipinski definition) is 8. The lowest BCUT2D eigenvalue weighted by Gasteiger charge is -2.19. The predicted octanol–water partition coefficient (Wildman–Crippen LogP) is 5.12. The van der Waals surface area contributed by atoms with Crippen molar-refractivity contribution in [1.82, 2.24) is 24.6 Å². The van der Waals surface area contributed by atoms with Crippen LogP contribution in [0.1, 0.15) is 39.5 Å². The van der Waals surface area contributed by atoms with Gasteiger partial charge in [0.15, 0.2) is 5.82 Å². The molecule has 12 nitrogen and oxygen atoms in total. The van der Waals surface area contributed by atoms with Gasteiger partial charge in [-0.1, -0.05) is 6.07 Å². The Labute approximate surface area is 261 Å². The highest BCUT2D eigenvalue weighted by molar-refractivity contribution is 6.10. The zero-order valence-electron chi connectivity index (χ0n) is 25.0. The molecule has 0 saturated carbocycles. The van der Waals surface area contributed by atoms with E-state index in [4.69, 9.17) is 14.6 Å². The lowest BCUT2D eigenvalue weighted by Crippen LogP contribution is -2.28. The Morgan fingerprint density at radius 1 is 1.15 bits per heavy atom. The normalized spacial score (nSPS) is 12.6. The zero-order valence-corrected chi connectivity index (χ0v) is 25.0. The molecule has 2 aromatic heterocycles. The molecule has 2 amide bonds. The van der Waals surface area contributed by atoms with Crippen LogP contribution in [0.2, 0.25) is 0 Å². The van der Waals surface area contributed by atoms with E-state index in [-0.39, 0.29) is 61.3 Å². The Balaban J connectivity index is 1.53. The smallest absolute Gasteiger partial charge is 0.416 e. The molecule has 0 radical (unpaired) electrons. The maximum Gasteiger partial charge on any atom is 0.416 e. The summed E-state index contributed by atoms with van der Waals surface area (Å²) in [4.78, 5) is 31.3. The summed E-state index contributed by atoms with van der Waals surface area (Å²) < 4.78 is 55.6. The van der Waals surface area contributed by atoms with Crippen molar-refractivity contribution in [2.75, 3.05) is 31.7 Å². The Morgan fingerprint density at radius 3 is 2.59 bits per heavy atom. The van der Waals surface area contributed by atoms with Crippen molar-refractivity contribution >= 4 is 17.8 Å². The fourth-order valence-electron chi connectivity index (χ4n) is 5.06. The molecule has 4 aromatic rings. The Kier molecular flexibility index (Phi) is 8.92. The first-order valence-electron chi connectivity index (χ1n) is 14.0. The van der Waals surface area contributed by atoms with Gasteiger partial charge < -0.3 is 24.0 Å². The van der Waals surface area contributed by atoms with Crippen LogP contribution < -0.4 is 9.64 Å². The van der Waals surface area contributed by atoms with E-state index in [1.807, 2.05) is 0 Å². The molecule has 3 heterocycles. The second-order valence-electron chi connectivity index (χ2n) is 10.4. The first-order valence-corrected chi connectivity index (χ1v) is 14.0. The minimum Gasteiger partial charge on any atom is -0.478 e. The number of carbonyl (C=O) groups is 2. The predicted molar refractivity (Wildman–Crippen MR) is 158 cm³/mol. The minimum atomic E-state index is -4.76. The Morgan fingerprint density at radius 2 is 1.93 bits per heavy atom. The van der Waals surface area contributed by atoms with E-state index in [2.05, 4.69) is 21.3 Å². The SMILES string of the molecule is CCOc1cc(-c2ccc(C#N)cc2-c2nncn2C)cc(N2Cc3c(cc(COCCN(C)C(=O)O)cc3C(F)(F)F)C2=O)n1. The van der Waals surface area contributed by atoms with E-state index in [0.29, 0.717) is 28.1 Å². The standard InChI is InChI=1S/C31H28F3N7O5/c1-4-46-27-13-20(21-6-5-18(14-35)9-22(21)28-38-36-17-40(28)3)12-26(37-27)41-15-24-23(29(41)42)10-19(11-25(24)31(32,33)34)16-45-8-7-39(2)30(43)44/h5-6,9-13,17H,4,7-8,15-16H2,1-3H3,(H,43,44). The van der Waals surface area contributed by atoms with Crippen LogP contribution in [0.15, 0.2) is 48.8 Å². The number of amides is 2. The summed E-state index contributed by atoms with van der Waals surface area (Å²) in [5.41, 5.74) is 0.869. The molecule has 0 bridgehead atoms. The lowest BCUT2D eigenvalue weighted by molar-refractivity contribution is -0.138. The number of aromatic nitrogens is 4. The molecule has 1 aliphatic rings.